The smallest absolute Gasteiger partial charge is 0.220 e. The number of likely N-dealkylation sites (tertiary alicyclic amines) is 1. The molecular formula is C24H30N2O3. The number of fused-ring (bicyclic) bond motifs is 1. The summed E-state index contributed by atoms with van der Waals surface area (Å²) in [5.41, 5.74) is 1.04. The molecule has 1 saturated heterocycles. The number of piperidine rings is 1. The Kier molecular flexibility index (Phi) is 5.08. The first-order chi connectivity index (χ1) is 14.2. The van der Waals surface area contributed by atoms with Crippen LogP contribution in [0.1, 0.15) is 62.2 Å². The molecular weight excluding hydrogens is 364 g/mol. The third-order valence-electron chi connectivity index (χ3n) is 6.93. The number of rotatable bonds is 5. The summed E-state index contributed by atoms with van der Waals surface area (Å²) >= 11 is 0. The number of amides is 1. The van der Waals surface area contributed by atoms with Gasteiger partial charge in [-0.1, -0.05) is 18.2 Å². The zero-order valence-corrected chi connectivity index (χ0v) is 16.9. The number of carbonyl (C=O) groups excluding carboxylic acids is 1. The highest BCUT2D eigenvalue weighted by Crippen LogP contribution is 2.46. The van der Waals surface area contributed by atoms with Gasteiger partial charge in [0.05, 0.1) is 12.8 Å². The number of benzene rings is 1. The first kappa shape index (κ1) is 18.7. The summed E-state index contributed by atoms with van der Waals surface area (Å²) < 4.78 is 12.1. The second kappa shape index (κ2) is 7.86. The average molecular weight is 395 g/mol. The SMILES string of the molecule is O=C(CC1CC2(CCN(Cc3ccco3)CC2)Oc2ccccc21)NC1CCC1. The third-order valence-corrected chi connectivity index (χ3v) is 6.93. The van der Waals surface area contributed by atoms with E-state index in [4.69, 9.17) is 9.15 Å². The van der Waals surface area contributed by atoms with Crippen molar-refractivity contribution in [2.75, 3.05) is 13.1 Å². The molecule has 3 heterocycles. The van der Waals surface area contributed by atoms with Gasteiger partial charge in [0.15, 0.2) is 0 Å². The quantitative estimate of drug-likeness (QED) is 0.824. The van der Waals surface area contributed by atoms with Gasteiger partial charge in [-0.15, -0.1) is 0 Å². The first-order valence-corrected chi connectivity index (χ1v) is 11.0. The van der Waals surface area contributed by atoms with Crippen LogP contribution in [-0.2, 0) is 11.3 Å². The van der Waals surface area contributed by atoms with Crippen LogP contribution in [0.25, 0.3) is 0 Å². The Hall–Kier alpha value is -2.27. The number of nitrogens with one attached hydrogen (secondary N) is 1. The molecule has 2 fully saturated rings. The van der Waals surface area contributed by atoms with Crippen molar-refractivity contribution in [3.05, 3.63) is 54.0 Å². The lowest BCUT2D eigenvalue weighted by Crippen LogP contribution is -2.50. The van der Waals surface area contributed by atoms with E-state index in [1.807, 2.05) is 18.2 Å². The van der Waals surface area contributed by atoms with Crippen LogP contribution in [-0.4, -0.2) is 35.5 Å². The predicted octanol–water partition coefficient (Wildman–Crippen LogP) is 4.24. The summed E-state index contributed by atoms with van der Waals surface area (Å²) in [5, 5.41) is 3.22. The van der Waals surface area contributed by atoms with Crippen LogP contribution in [0.15, 0.2) is 47.1 Å². The largest absolute Gasteiger partial charge is 0.487 e. The molecule has 1 N–H and O–H groups in total. The highest BCUT2D eigenvalue weighted by Gasteiger charge is 2.43. The Morgan fingerprint density at radius 1 is 1.14 bits per heavy atom. The predicted molar refractivity (Wildman–Crippen MR) is 111 cm³/mol. The molecule has 5 rings (SSSR count). The molecule has 2 aromatic rings. The fraction of sp³-hybridized carbons (Fsp3) is 0.542. The van der Waals surface area contributed by atoms with Crippen LogP contribution < -0.4 is 10.1 Å². The van der Waals surface area contributed by atoms with E-state index in [-0.39, 0.29) is 17.4 Å². The third kappa shape index (κ3) is 4.06. The molecule has 1 unspecified atom stereocenters. The number of nitrogens with zero attached hydrogens (tertiary/aromatic N) is 1. The molecule has 5 heteroatoms. The normalized spacial score (nSPS) is 23.8. The van der Waals surface area contributed by atoms with Crippen molar-refractivity contribution in [1.82, 2.24) is 10.2 Å². The van der Waals surface area contributed by atoms with Crippen LogP contribution in [0, 0.1) is 0 Å². The van der Waals surface area contributed by atoms with E-state index in [1.165, 1.54) is 12.0 Å². The summed E-state index contributed by atoms with van der Waals surface area (Å²) in [7, 11) is 0. The van der Waals surface area contributed by atoms with E-state index in [0.717, 1.165) is 63.2 Å². The monoisotopic (exact) mass is 394 g/mol. The molecule has 29 heavy (non-hydrogen) atoms. The van der Waals surface area contributed by atoms with E-state index < -0.39 is 0 Å². The number of para-hydroxylation sites is 1. The summed E-state index contributed by atoms with van der Waals surface area (Å²) in [5.74, 6) is 2.42. The summed E-state index contributed by atoms with van der Waals surface area (Å²) in [6, 6.07) is 12.7. The standard InChI is InChI=1S/C24H30N2O3/c27-23(25-19-5-3-6-19)15-18-16-24(29-22-9-2-1-8-21(18)22)10-12-26(13-11-24)17-20-7-4-14-28-20/h1-2,4,7-9,14,18-19H,3,5-6,10-13,15-17H2,(H,25,27). The minimum Gasteiger partial charge on any atom is -0.487 e. The van der Waals surface area contributed by atoms with Crippen molar-refractivity contribution >= 4 is 5.91 Å². The minimum atomic E-state index is -0.157. The van der Waals surface area contributed by atoms with Gasteiger partial charge in [0.2, 0.25) is 5.91 Å². The molecule has 154 valence electrons. The van der Waals surface area contributed by atoms with Gasteiger partial charge in [0.1, 0.15) is 17.1 Å². The van der Waals surface area contributed by atoms with Crippen molar-refractivity contribution in [3.8, 4) is 5.75 Å². The van der Waals surface area contributed by atoms with Crippen LogP contribution in [0.4, 0.5) is 0 Å². The molecule has 2 aliphatic heterocycles. The lowest BCUT2D eigenvalue weighted by atomic mass is 9.76. The van der Waals surface area contributed by atoms with E-state index in [0.29, 0.717) is 12.5 Å². The Morgan fingerprint density at radius 2 is 1.97 bits per heavy atom. The fourth-order valence-corrected chi connectivity index (χ4v) is 5.04. The molecule has 1 spiro atoms. The maximum atomic E-state index is 12.7. The van der Waals surface area contributed by atoms with Gasteiger partial charge in [0, 0.05) is 31.5 Å². The summed E-state index contributed by atoms with van der Waals surface area (Å²) in [4.78, 5) is 15.1. The molecule has 3 aliphatic rings. The fourth-order valence-electron chi connectivity index (χ4n) is 5.04. The van der Waals surface area contributed by atoms with Gasteiger partial charge in [-0.05, 0) is 62.3 Å². The molecule has 1 saturated carbocycles. The maximum Gasteiger partial charge on any atom is 0.220 e. The van der Waals surface area contributed by atoms with Crippen LogP contribution in [0.5, 0.6) is 5.75 Å². The van der Waals surface area contributed by atoms with Crippen LogP contribution >= 0.6 is 0 Å². The number of ether oxygens (including phenoxy) is 1. The van der Waals surface area contributed by atoms with Crippen molar-refractivity contribution in [2.45, 2.75) is 69.1 Å². The van der Waals surface area contributed by atoms with E-state index in [2.05, 4.69) is 28.4 Å². The maximum absolute atomic E-state index is 12.7. The van der Waals surface area contributed by atoms with Gasteiger partial charge in [-0.3, -0.25) is 9.69 Å². The summed E-state index contributed by atoms with van der Waals surface area (Å²) in [6.07, 6.45) is 8.71. The van der Waals surface area contributed by atoms with Crippen LogP contribution in [0.2, 0.25) is 0 Å². The molecule has 1 aromatic heterocycles. The van der Waals surface area contributed by atoms with Crippen LogP contribution in [0.3, 0.4) is 0 Å². The van der Waals surface area contributed by atoms with Gasteiger partial charge < -0.3 is 14.5 Å². The van der Waals surface area contributed by atoms with Gasteiger partial charge >= 0.3 is 0 Å². The second-order valence-corrected chi connectivity index (χ2v) is 8.98. The number of hydrogen-bond donors (Lipinski definition) is 1. The van der Waals surface area contributed by atoms with Gasteiger partial charge in [0.25, 0.3) is 0 Å². The van der Waals surface area contributed by atoms with Crippen molar-refractivity contribution in [1.29, 1.82) is 0 Å². The van der Waals surface area contributed by atoms with E-state index >= 15 is 0 Å². The molecule has 5 nitrogen and oxygen atoms in total. The average Bonchev–Trinajstić information content (AvgIpc) is 3.20. The van der Waals surface area contributed by atoms with E-state index in [9.17, 15) is 4.79 Å². The van der Waals surface area contributed by atoms with Crippen molar-refractivity contribution in [3.63, 3.8) is 0 Å². The Morgan fingerprint density at radius 3 is 2.69 bits per heavy atom. The van der Waals surface area contributed by atoms with Gasteiger partial charge in [-0.25, -0.2) is 0 Å². The molecule has 0 radical (unpaired) electrons. The molecule has 1 aromatic carbocycles. The molecule has 1 atom stereocenters. The number of furan rings is 1. The highest BCUT2D eigenvalue weighted by molar-refractivity contribution is 5.77. The lowest BCUT2D eigenvalue weighted by Gasteiger charge is -2.47. The Bertz CT molecular complexity index is 836. The minimum absolute atomic E-state index is 0.157. The molecule has 1 amide bonds. The molecule has 1 aliphatic carbocycles. The topological polar surface area (TPSA) is 54.7 Å². The first-order valence-electron chi connectivity index (χ1n) is 11.0. The summed E-state index contributed by atoms with van der Waals surface area (Å²) in [6.45, 7) is 2.83. The second-order valence-electron chi connectivity index (χ2n) is 8.98. The van der Waals surface area contributed by atoms with Crippen molar-refractivity contribution in [2.24, 2.45) is 0 Å². The highest BCUT2D eigenvalue weighted by atomic mass is 16.5. The zero-order valence-electron chi connectivity index (χ0n) is 16.9. The van der Waals surface area contributed by atoms with E-state index in [1.54, 1.807) is 6.26 Å². The lowest BCUT2D eigenvalue weighted by molar-refractivity contribution is -0.123. The zero-order chi connectivity index (χ0) is 19.7. The number of hydrogen-bond acceptors (Lipinski definition) is 4. The Labute approximate surface area is 172 Å². The Balaban J connectivity index is 1.27. The van der Waals surface area contributed by atoms with Gasteiger partial charge in [-0.2, -0.15) is 0 Å². The molecule has 0 bridgehead atoms. The van der Waals surface area contributed by atoms with Crippen molar-refractivity contribution < 1.29 is 13.9 Å². The number of carbonyl (C=O) groups is 1.